The van der Waals surface area contributed by atoms with Gasteiger partial charge in [-0.3, -0.25) is 19.3 Å². The minimum absolute atomic E-state index is 0.0154. The molecule has 0 aromatic heterocycles. The predicted octanol–water partition coefficient (Wildman–Crippen LogP) is 3.09. The number of anilines is 1. The van der Waals surface area contributed by atoms with E-state index in [9.17, 15) is 22.8 Å². The number of carbonyl (C=O) groups excluding carboxylic acids is 3. The van der Waals surface area contributed by atoms with Crippen LogP contribution in [0.15, 0.2) is 66.1 Å². The maximum absolute atomic E-state index is 13.3. The summed E-state index contributed by atoms with van der Waals surface area (Å²) in [4.78, 5) is 37.3. The lowest BCUT2D eigenvalue weighted by Gasteiger charge is -2.23. The minimum atomic E-state index is -4.08. The van der Waals surface area contributed by atoms with Gasteiger partial charge in [0.25, 0.3) is 21.8 Å². The monoisotopic (exact) mass is 490 g/mol. The predicted molar refractivity (Wildman–Crippen MR) is 124 cm³/mol. The van der Waals surface area contributed by atoms with E-state index in [1.807, 2.05) is 0 Å². The SMILES string of the molecule is C=CCN(c1ccc(Cl)cc1)S(=O)(=O)c1cccc(C(=O)NN2C(=O)N[C@](C)(CC)C2=O)c1. The third-order valence-corrected chi connectivity index (χ3v) is 7.32. The number of carbonyl (C=O) groups is 3. The summed E-state index contributed by atoms with van der Waals surface area (Å²) in [7, 11) is -4.08. The molecule has 1 saturated heterocycles. The first-order chi connectivity index (χ1) is 15.5. The van der Waals surface area contributed by atoms with E-state index in [1.165, 1.54) is 30.3 Å². The van der Waals surface area contributed by atoms with Gasteiger partial charge in [0.15, 0.2) is 0 Å². The van der Waals surface area contributed by atoms with Crippen LogP contribution in [-0.2, 0) is 14.8 Å². The van der Waals surface area contributed by atoms with E-state index in [0.29, 0.717) is 22.1 Å². The third kappa shape index (κ3) is 4.71. The van der Waals surface area contributed by atoms with Crippen LogP contribution in [-0.4, -0.2) is 43.4 Å². The summed E-state index contributed by atoms with van der Waals surface area (Å²) in [6.45, 7) is 6.88. The molecule has 174 valence electrons. The van der Waals surface area contributed by atoms with Gasteiger partial charge in [-0.05, 0) is 55.8 Å². The first-order valence-corrected chi connectivity index (χ1v) is 11.8. The van der Waals surface area contributed by atoms with E-state index in [-0.39, 0.29) is 17.0 Å². The molecule has 0 saturated carbocycles. The van der Waals surface area contributed by atoms with Crippen LogP contribution in [0.5, 0.6) is 0 Å². The second kappa shape index (κ2) is 9.24. The average molecular weight is 491 g/mol. The Hall–Kier alpha value is -3.37. The molecule has 1 fully saturated rings. The van der Waals surface area contributed by atoms with Crippen molar-refractivity contribution in [2.24, 2.45) is 0 Å². The highest BCUT2D eigenvalue weighted by Gasteiger charge is 2.47. The molecule has 2 aromatic carbocycles. The van der Waals surface area contributed by atoms with Gasteiger partial charge in [-0.15, -0.1) is 6.58 Å². The maximum Gasteiger partial charge on any atom is 0.344 e. The van der Waals surface area contributed by atoms with Gasteiger partial charge in [0.2, 0.25) is 0 Å². The molecule has 1 aliphatic rings. The Morgan fingerprint density at radius 3 is 2.48 bits per heavy atom. The molecule has 11 heteroatoms. The van der Waals surface area contributed by atoms with Crippen molar-refractivity contribution < 1.29 is 22.8 Å². The number of hydrogen-bond donors (Lipinski definition) is 2. The number of imide groups is 1. The quantitative estimate of drug-likeness (QED) is 0.435. The molecule has 0 aliphatic carbocycles. The lowest BCUT2D eigenvalue weighted by molar-refractivity contribution is -0.132. The summed E-state index contributed by atoms with van der Waals surface area (Å²) >= 11 is 5.91. The molecular weight excluding hydrogens is 468 g/mol. The molecular formula is C22H23ClN4O5S. The molecule has 0 spiro atoms. The number of rotatable bonds is 8. The summed E-state index contributed by atoms with van der Waals surface area (Å²) in [6.07, 6.45) is 1.77. The molecule has 2 aromatic rings. The van der Waals surface area contributed by atoms with E-state index in [0.717, 1.165) is 4.31 Å². The fourth-order valence-corrected chi connectivity index (χ4v) is 4.79. The largest absolute Gasteiger partial charge is 0.344 e. The summed E-state index contributed by atoms with van der Waals surface area (Å²) in [5, 5.41) is 3.58. The van der Waals surface area contributed by atoms with Crippen molar-refractivity contribution in [2.75, 3.05) is 10.8 Å². The average Bonchev–Trinajstić information content (AvgIpc) is 3.01. The van der Waals surface area contributed by atoms with Crippen LogP contribution in [0.4, 0.5) is 10.5 Å². The number of amides is 4. The van der Waals surface area contributed by atoms with Crippen molar-refractivity contribution in [1.82, 2.24) is 15.8 Å². The van der Waals surface area contributed by atoms with E-state index in [4.69, 9.17) is 11.6 Å². The Bertz CT molecular complexity index is 1220. The Morgan fingerprint density at radius 1 is 1.24 bits per heavy atom. The fraction of sp³-hybridized carbons (Fsp3) is 0.227. The van der Waals surface area contributed by atoms with Gasteiger partial charge in [-0.2, -0.15) is 5.01 Å². The normalized spacial score (nSPS) is 18.1. The molecule has 0 unspecified atom stereocenters. The number of halogens is 1. The van der Waals surface area contributed by atoms with Crippen LogP contribution in [0.2, 0.25) is 5.02 Å². The van der Waals surface area contributed by atoms with Crippen molar-refractivity contribution in [2.45, 2.75) is 30.7 Å². The third-order valence-electron chi connectivity index (χ3n) is 5.28. The van der Waals surface area contributed by atoms with Crippen molar-refractivity contribution in [3.63, 3.8) is 0 Å². The Balaban J connectivity index is 1.89. The zero-order valence-electron chi connectivity index (χ0n) is 18.0. The molecule has 0 bridgehead atoms. The van der Waals surface area contributed by atoms with Crippen LogP contribution in [0.25, 0.3) is 0 Å². The molecule has 2 N–H and O–H groups in total. The number of nitrogens with zero attached hydrogens (tertiary/aromatic N) is 2. The lowest BCUT2D eigenvalue weighted by atomic mass is 10.00. The van der Waals surface area contributed by atoms with Gasteiger partial charge in [0.1, 0.15) is 5.54 Å². The highest BCUT2D eigenvalue weighted by Crippen LogP contribution is 2.26. The Morgan fingerprint density at radius 2 is 1.91 bits per heavy atom. The standard InChI is InChI=1S/C22H23ClN4O5S/c1-4-13-26(17-11-9-16(23)10-12-17)33(31,32)18-8-6-7-15(14-18)19(28)25-27-20(29)22(3,5-2)24-21(27)30/h4,6-12,14H,1,5,13H2,2-3H3,(H,24,30)(H,25,28)/t22-/m1/s1. The second-order valence-corrected chi connectivity index (χ2v) is 9.83. The summed E-state index contributed by atoms with van der Waals surface area (Å²) in [5.41, 5.74) is 1.45. The fourth-order valence-electron chi connectivity index (χ4n) is 3.18. The van der Waals surface area contributed by atoms with E-state index >= 15 is 0 Å². The van der Waals surface area contributed by atoms with Crippen molar-refractivity contribution >= 4 is 45.2 Å². The van der Waals surface area contributed by atoms with Crippen molar-refractivity contribution in [1.29, 1.82) is 0 Å². The first kappa shape index (κ1) is 24.3. The van der Waals surface area contributed by atoms with Crippen LogP contribution < -0.4 is 15.0 Å². The maximum atomic E-state index is 13.3. The van der Waals surface area contributed by atoms with E-state index in [2.05, 4.69) is 17.3 Å². The van der Waals surface area contributed by atoms with E-state index < -0.39 is 33.4 Å². The van der Waals surface area contributed by atoms with Gasteiger partial charge in [0.05, 0.1) is 17.1 Å². The summed E-state index contributed by atoms with van der Waals surface area (Å²) < 4.78 is 27.8. The van der Waals surface area contributed by atoms with Gasteiger partial charge < -0.3 is 5.32 Å². The summed E-state index contributed by atoms with van der Waals surface area (Å²) in [6, 6.07) is 10.8. The van der Waals surface area contributed by atoms with Gasteiger partial charge >= 0.3 is 6.03 Å². The molecule has 1 aliphatic heterocycles. The van der Waals surface area contributed by atoms with Crippen LogP contribution in [0.3, 0.4) is 0 Å². The van der Waals surface area contributed by atoms with Crippen LogP contribution in [0, 0.1) is 0 Å². The molecule has 4 amide bonds. The number of benzene rings is 2. The first-order valence-electron chi connectivity index (χ1n) is 10.0. The molecule has 1 heterocycles. The zero-order valence-corrected chi connectivity index (χ0v) is 19.6. The number of nitrogens with one attached hydrogen (secondary N) is 2. The smallest absolute Gasteiger partial charge is 0.322 e. The van der Waals surface area contributed by atoms with E-state index in [1.54, 1.807) is 38.1 Å². The number of hydrazine groups is 1. The lowest BCUT2D eigenvalue weighted by Crippen LogP contribution is -2.48. The Labute approximate surface area is 197 Å². The van der Waals surface area contributed by atoms with Gasteiger partial charge in [-0.1, -0.05) is 30.7 Å². The Kier molecular flexibility index (Phi) is 6.80. The number of urea groups is 1. The van der Waals surface area contributed by atoms with Crippen molar-refractivity contribution in [3.8, 4) is 0 Å². The molecule has 33 heavy (non-hydrogen) atoms. The van der Waals surface area contributed by atoms with Gasteiger partial charge in [-0.25, -0.2) is 13.2 Å². The molecule has 1 atom stereocenters. The molecule has 3 rings (SSSR count). The molecule has 9 nitrogen and oxygen atoms in total. The number of hydrogen-bond acceptors (Lipinski definition) is 5. The van der Waals surface area contributed by atoms with Gasteiger partial charge in [0, 0.05) is 10.6 Å². The number of sulfonamides is 1. The highest BCUT2D eigenvalue weighted by atomic mass is 35.5. The zero-order chi connectivity index (χ0) is 24.4. The second-order valence-electron chi connectivity index (χ2n) is 7.53. The minimum Gasteiger partial charge on any atom is -0.322 e. The van der Waals surface area contributed by atoms with Crippen molar-refractivity contribution in [3.05, 3.63) is 71.8 Å². The molecule has 0 radical (unpaired) electrons. The van der Waals surface area contributed by atoms with Crippen LogP contribution in [0.1, 0.15) is 30.6 Å². The summed E-state index contributed by atoms with van der Waals surface area (Å²) in [5.74, 6) is -1.41. The highest BCUT2D eigenvalue weighted by molar-refractivity contribution is 7.92. The van der Waals surface area contributed by atoms with Crippen LogP contribution >= 0.6 is 11.6 Å². The topological polar surface area (TPSA) is 116 Å².